The second-order valence-electron chi connectivity index (χ2n) is 5.46. The number of nitrogen functional groups attached to an aromatic ring is 1. The predicted molar refractivity (Wildman–Crippen MR) is 81.1 cm³/mol. The first kappa shape index (κ1) is 13.6. The average Bonchev–Trinajstić information content (AvgIpc) is 3.08. The summed E-state index contributed by atoms with van der Waals surface area (Å²) in [6.07, 6.45) is 3.71. The van der Waals surface area contributed by atoms with Gasteiger partial charge in [0, 0.05) is 36.0 Å². The van der Waals surface area contributed by atoms with E-state index in [1.165, 1.54) is 0 Å². The Morgan fingerprint density at radius 1 is 1.29 bits per heavy atom. The highest BCUT2D eigenvalue weighted by atomic mass is 15.4. The van der Waals surface area contributed by atoms with E-state index in [9.17, 15) is 5.26 Å². The van der Waals surface area contributed by atoms with Gasteiger partial charge in [-0.25, -0.2) is 4.98 Å². The number of nitriles is 1. The number of rotatable bonds is 2. The Labute approximate surface area is 123 Å². The Hall–Kier alpha value is -2.36. The maximum absolute atomic E-state index is 9.44. The van der Waals surface area contributed by atoms with Crippen LogP contribution in [0.1, 0.15) is 30.9 Å². The van der Waals surface area contributed by atoms with Gasteiger partial charge >= 0.3 is 0 Å². The molecule has 108 valence electrons. The minimum absolute atomic E-state index is 0.169. The van der Waals surface area contributed by atoms with E-state index in [2.05, 4.69) is 40.7 Å². The molecule has 5 N–H and O–H groups in total. The molecule has 1 fully saturated rings. The summed E-state index contributed by atoms with van der Waals surface area (Å²) in [5, 5.41) is 9.44. The molecule has 0 amide bonds. The van der Waals surface area contributed by atoms with E-state index in [0.717, 1.165) is 16.8 Å². The van der Waals surface area contributed by atoms with E-state index >= 15 is 0 Å². The molecule has 3 heterocycles. The van der Waals surface area contributed by atoms with Crippen molar-refractivity contribution in [3.8, 4) is 17.3 Å². The summed E-state index contributed by atoms with van der Waals surface area (Å²) >= 11 is 0. The van der Waals surface area contributed by atoms with Gasteiger partial charge in [-0.3, -0.25) is 10.9 Å². The molecule has 2 aromatic heterocycles. The lowest BCUT2D eigenvalue weighted by Gasteiger charge is -2.21. The van der Waals surface area contributed by atoms with Crippen LogP contribution in [0.3, 0.4) is 0 Å². The Balaban J connectivity index is 2.16. The molecule has 3 rings (SSSR count). The first-order valence-electron chi connectivity index (χ1n) is 6.96. The molecule has 0 saturated carbocycles. The van der Waals surface area contributed by atoms with Gasteiger partial charge in [-0.1, -0.05) is 0 Å². The molecular weight excluding hydrogens is 264 g/mol. The van der Waals surface area contributed by atoms with Gasteiger partial charge in [0.05, 0.1) is 11.3 Å². The largest absolute Gasteiger partial charge is 0.383 e. The van der Waals surface area contributed by atoms with Gasteiger partial charge in [-0.2, -0.15) is 5.26 Å². The van der Waals surface area contributed by atoms with Crippen LogP contribution in [0.15, 0.2) is 24.5 Å². The van der Waals surface area contributed by atoms with Crippen molar-refractivity contribution < 1.29 is 0 Å². The van der Waals surface area contributed by atoms with E-state index in [-0.39, 0.29) is 23.8 Å². The summed E-state index contributed by atoms with van der Waals surface area (Å²) in [6.45, 7) is 4.18. The lowest BCUT2D eigenvalue weighted by molar-refractivity contribution is 0.567. The summed E-state index contributed by atoms with van der Waals surface area (Å²) in [7, 11) is 0. The monoisotopic (exact) mass is 282 g/mol. The van der Waals surface area contributed by atoms with Gasteiger partial charge in [-0.15, -0.1) is 0 Å². The fraction of sp³-hybridized carbons (Fsp3) is 0.333. The first-order chi connectivity index (χ1) is 10.1. The maximum atomic E-state index is 9.44. The third-order valence-electron chi connectivity index (χ3n) is 4.06. The molecule has 6 nitrogen and oxygen atoms in total. The Morgan fingerprint density at radius 2 is 2.00 bits per heavy atom. The molecule has 0 aromatic carbocycles. The number of nitrogens with one attached hydrogen (secondary N) is 3. The van der Waals surface area contributed by atoms with Gasteiger partial charge in [-0.05, 0) is 31.5 Å². The molecule has 1 aliphatic heterocycles. The Kier molecular flexibility index (Phi) is 3.37. The topological polar surface area (TPSA) is 103 Å². The number of aromatic nitrogens is 2. The smallest absolute Gasteiger partial charge is 0.142 e. The molecular formula is C15H18N6. The lowest BCUT2D eigenvalue weighted by atomic mass is 9.85. The summed E-state index contributed by atoms with van der Waals surface area (Å²) in [5.74, 6) is 0.458. The number of nitrogens with zero attached hydrogens (tertiary/aromatic N) is 2. The second kappa shape index (κ2) is 5.20. The number of H-pyrrole nitrogens is 1. The molecule has 2 atom stereocenters. The van der Waals surface area contributed by atoms with E-state index in [0.29, 0.717) is 5.56 Å². The van der Waals surface area contributed by atoms with E-state index in [1.54, 1.807) is 0 Å². The van der Waals surface area contributed by atoms with Crippen LogP contribution < -0.4 is 16.6 Å². The highest BCUT2D eigenvalue weighted by Gasteiger charge is 2.34. The quantitative estimate of drug-likeness (QED) is 0.668. The minimum atomic E-state index is 0.169. The summed E-state index contributed by atoms with van der Waals surface area (Å²) in [4.78, 5) is 7.38. The molecule has 0 radical (unpaired) electrons. The van der Waals surface area contributed by atoms with E-state index in [4.69, 9.17) is 5.73 Å². The number of pyridine rings is 1. The first-order valence-corrected chi connectivity index (χ1v) is 6.96. The van der Waals surface area contributed by atoms with Crippen molar-refractivity contribution >= 4 is 5.82 Å². The van der Waals surface area contributed by atoms with Crippen molar-refractivity contribution in [2.45, 2.75) is 31.8 Å². The normalized spacial score (nSPS) is 24.9. The average molecular weight is 282 g/mol. The predicted octanol–water partition coefficient (Wildman–Crippen LogP) is 1.50. The fourth-order valence-electron chi connectivity index (χ4n) is 3.02. The van der Waals surface area contributed by atoms with Crippen molar-refractivity contribution in [1.82, 2.24) is 20.8 Å². The van der Waals surface area contributed by atoms with Crippen LogP contribution >= 0.6 is 0 Å². The number of aromatic amines is 1. The maximum Gasteiger partial charge on any atom is 0.142 e. The number of hydrazine groups is 1. The summed E-state index contributed by atoms with van der Waals surface area (Å²) < 4.78 is 0. The number of nitrogens with two attached hydrogens (primary N) is 1. The van der Waals surface area contributed by atoms with Crippen LogP contribution in [0.5, 0.6) is 0 Å². The van der Waals surface area contributed by atoms with Gasteiger partial charge in [0.15, 0.2) is 0 Å². The highest BCUT2D eigenvalue weighted by molar-refractivity contribution is 5.66. The van der Waals surface area contributed by atoms with Crippen LogP contribution in [0.2, 0.25) is 0 Å². The fourth-order valence-corrected chi connectivity index (χ4v) is 3.02. The number of anilines is 1. The van der Waals surface area contributed by atoms with Gasteiger partial charge in [0.2, 0.25) is 0 Å². The van der Waals surface area contributed by atoms with Crippen molar-refractivity contribution in [3.05, 3.63) is 35.7 Å². The second-order valence-corrected chi connectivity index (χ2v) is 5.46. The van der Waals surface area contributed by atoms with E-state index < -0.39 is 0 Å². The molecule has 1 aliphatic rings. The molecule has 6 heteroatoms. The van der Waals surface area contributed by atoms with E-state index in [1.807, 2.05) is 24.5 Å². The lowest BCUT2D eigenvalue weighted by Crippen LogP contribution is -2.30. The van der Waals surface area contributed by atoms with Crippen molar-refractivity contribution in [1.29, 1.82) is 5.26 Å². The zero-order valence-electron chi connectivity index (χ0n) is 12.0. The summed E-state index contributed by atoms with van der Waals surface area (Å²) in [6, 6.07) is 6.55. The number of hydrogen-bond donors (Lipinski definition) is 4. The van der Waals surface area contributed by atoms with Gasteiger partial charge in [0.25, 0.3) is 0 Å². The van der Waals surface area contributed by atoms with Gasteiger partial charge < -0.3 is 10.7 Å². The third kappa shape index (κ3) is 2.27. The SMILES string of the molecule is CC1NNC(C)C1c1cc(-c2cc[nH]c2)nc(N)c1C#N. The minimum Gasteiger partial charge on any atom is -0.383 e. The molecule has 0 spiro atoms. The highest BCUT2D eigenvalue weighted by Crippen LogP contribution is 2.34. The zero-order valence-corrected chi connectivity index (χ0v) is 12.0. The van der Waals surface area contributed by atoms with Crippen LogP contribution in [-0.2, 0) is 0 Å². The van der Waals surface area contributed by atoms with Crippen molar-refractivity contribution in [2.24, 2.45) is 0 Å². The van der Waals surface area contributed by atoms with Gasteiger partial charge in [0.1, 0.15) is 11.9 Å². The molecule has 0 aliphatic carbocycles. The third-order valence-corrected chi connectivity index (χ3v) is 4.06. The molecule has 21 heavy (non-hydrogen) atoms. The van der Waals surface area contributed by atoms with Crippen LogP contribution in [0, 0.1) is 11.3 Å². The Morgan fingerprint density at radius 3 is 2.57 bits per heavy atom. The molecule has 2 unspecified atom stereocenters. The Bertz CT molecular complexity index is 675. The number of hydrogen-bond acceptors (Lipinski definition) is 5. The van der Waals surface area contributed by atoms with Crippen molar-refractivity contribution in [2.75, 3.05) is 5.73 Å². The van der Waals surface area contributed by atoms with Crippen LogP contribution in [0.25, 0.3) is 11.3 Å². The molecule has 1 saturated heterocycles. The summed E-state index contributed by atoms with van der Waals surface area (Å²) in [5.41, 5.74) is 15.6. The molecule has 0 bridgehead atoms. The van der Waals surface area contributed by atoms with Crippen LogP contribution in [-0.4, -0.2) is 22.1 Å². The molecule has 2 aromatic rings. The van der Waals surface area contributed by atoms with Crippen molar-refractivity contribution in [3.63, 3.8) is 0 Å². The van der Waals surface area contributed by atoms with Crippen LogP contribution in [0.4, 0.5) is 5.82 Å². The zero-order chi connectivity index (χ0) is 15.0. The standard InChI is InChI=1S/C15H18N6/c1-8-14(9(2)21-20-8)11-5-13(10-3-4-18-7-10)19-15(17)12(11)6-16/h3-5,7-9,14,18,20-21H,1-2H3,(H2,17,19).